The first-order chi connectivity index (χ1) is 7.90. The molecule has 0 aliphatic heterocycles. The van der Waals surface area contributed by atoms with Crippen LogP contribution in [0, 0.1) is 0 Å². The van der Waals surface area contributed by atoms with Crippen LogP contribution in [0.2, 0.25) is 0 Å². The zero-order valence-corrected chi connectivity index (χ0v) is 9.74. The summed E-state index contributed by atoms with van der Waals surface area (Å²) in [6, 6.07) is 10.6. The molecule has 0 aliphatic rings. The van der Waals surface area contributed by atoms with Crippen LogP contribution in [0.4, 0.5) is 0 Å². The highest BCUT2D eigenvalue weighted by Crippen LogP contribution is 2.14. The normalized spacial score (nSPS) is 10.8. The first kappa shape index (κ1) is 11.1. The van der Waals surface area contributed by atoms with Gasteiger partial charge in [-0.05, 0) is 49.7 Å². The minimum absolute atomic E-state index is 1.06. The molecular formula is C14H18N2. The van der Waals surface area contributed by atoms with Crippen LogP contribution >= 0.6 is 0 Å². The van der Waals surface area contributed by atoms with Gasteiger partial charge in [-0.3, -0.25) is 4.98 Å². The van der Waals surface area contributed by atoms with E-state index in [2.05, 4.69) is 41.5 Å². The molecule has 84 valence electrons. The quantitative estimate of drug-likeness (QED) is 0.774. The van der Waals surface area contributed by atoms with E-state index in [-0.39, 0.29) is 0 Å². The summed E-state index contributed by atoms with van der Waals surface area (Å²) in [6.45, 7) is 4.30. The number of hydrogen-bond donors (Lipinski definition) is 1. The summed E-state index contributed by atoms with van der Waals surface area (Å²) in [6.07, 6.45) is 4.17. The monoisotopic (exact) mass is 214 g/mol. The van der Waals surface area contributed by atoms with Crippen LogP contribution in [-0.4, -0.2) is 18.1 Å². The fraction of sp³-hybridized carbons (Fsp3) is 0.357. The third kappa shape index (κ3) is 2.80. The number of nitrogens with one attached hydrogen (secondary N) is 1. The highest BCUT2D eigenvalue weighted by molar-refractivity contribution is 5.78. The lowest BCUT2D eigenvalue weighted by Gasteiger charge is -2.04. The van der Waals surface area contributed by atoms with Gasteiger partial charge in [0.1, 0.15) is 0 Å². The summed E-state index contributed by atoms with van der Waals surface area (Å²) < 4.78 is 0. The van der Waals surface area contributed by atoms with Gasteiger partial charge in [-0.25, -0.2) is 0 Å². The zero-order valence-electron chi connectivity index (χ0n) is 9.74. The minimum atomic E-state index is 1.06. The van der Waals surface area contributed by atoms with Gasteiger partial charge in [0, 0.05) is 11.6 Å². The number of pyridine rings is 1. The van der Waals surface area contributed by atoms with Crippen molar-refractivity contribution in [2.45, 2.75) is 19.8 Å². The summed E-state index contributed by atoms with van der Waals surface area (Å²) >= 11 is 0. The number of aromatic nitrogens is 1. The number of nitrogens with zero attached hydrogens (tertiary/aromatic N) is 1. The van der Waals surface area contributed by atoms with E-state index in [4.69, 9.17) is 0 Å². The van der Waals surface area contributed by atoms with Crippen molar-refractivity contribution in [2.24, 2.45) is 0 Å². The molecule has 2 rings (SSSR count). The largest absolute Gasteiger partial charge is 0.317 e. The smallest absolute Gasteiger partial charge is 0.0702 e. The predicted molar refractivity (Wildman–Crippen MR) is 68.6 cm³/mol. The van der Waals surface area contributed by atoms with Crippen LogP contribution in [0.25, 0.3) is 10.9 Å². The second kappa shape index (κ2) is 5.61. The first-order valence-electron chi connectivity index (χ1n) is 5.94. The van der Waals surface area contributed by atoms with Gasteiger partial charge in [0.2, 0.25) is 0 Å². The third-order valence-corrected chi connectivity index (χ3v) is 2.74. The van der Waals surface area contributed by atoms with E-state index in [0.29, 0.717) is 0 Å². The Balaban J connectivity index is 2.02. The van der Waals surface area contributed by atoms with Gasteiger partial charge >= 0.3 is 0 Å². The maximum atomic E-state index is 4.32. The molecule has 0 bridgehead atoms. The second-order valence-corrected chi connectivity index (χ2v) is 3.99. The molecule has 0 aliphatic carbocycles. The van der Waals surface area contributed by atoms with E-state index in [0.717, 1.165) is 25.0 Å². The Morgan fingerprint density at radius 2 is 2.19 bits per heavy atom. The molecule has 0 unspecified atom stereocenters. The predicted octanol–water partition coefficient (Wildman–Crippen LogP) is 2.78. The number of benzene rings is 1. The summed E-state index contributed by atoms with van der Waals surface area (Å²) in [4.78, 5) is 4.32. The molecule has 0 spiro atoms. The Morgan fingerprint density at radius 1 is 1.25 bits per heavy atom. The van der Waals surface area contributed by atoms with Crippen molar-refractivity contribution >= 4 is 10.9 Å². The molecule has 2 aromatic rings. The fourth-order valence-electron chi connectivity index (χ4n) is 1.87. The molecule has 0 atom stereocenters. The maximum absolute atomic E-state index is 4.32. The highest BCUT2D eigenvalue weighted by atomic mass is 14.8. The lowest BCUT2D eigenvalue weighted by molar-refractivity contribution is 0.673. The lowest BCUT2D eigenvalue weighted by atomic mass is 10.1. The standard InChI is InChI=1S/C14H18N2/c1-2-15-9-3-5-12-7-8-14-13(11-12)6-4-10-16-14/h4,6-8,10-11,15H,2-3,5,9H2,1H3. The topological polar surface area (TPSA) is 24.9 Å². The van der Waals surface area contributed by atoms with Crippen molar-refractivity contribution in [3.05, 3.63) is 42.1 Å². The van der Waals surface area contributed by atoms with Gasteiger partial charge in [-0.1, -0.05) is 19.1 Å². The van der Waals surface area contributed by atoms with E-state index < -0.39 is 0 Å². The molecule has 0 amide bonds. The molecule has 1 aromatic heterocycles. The van der Waals surface area contributed by atoms with Crippen LogP contribution in [0.1, 0.15) is 18.9 Å². The fourth-order valence-corrected chi connectivity index (χ4v) is 1.87. The molecule has 0 fully saturated rings. The number of hydrogen-bond acceptors (Lipinski definition) is 2. The van der Waals surface area contributed by atoms with Gasteiger partial charge in [-0.2, -0.15) is 0 Å². The van der Waals surface area contributed by atoms with E-state index >= 15 is 0 Å². The average molecular weight is 214 g/mol. The first-order valence-corrected chi connectivity index (χ1v) is 5.94. The van der Waals surface area contributed by atoms with Gasteiger partial charge in [-0.15, -0.1) is 0 Å². The van der Waals surface area contributed by atoms with Gasteiger partial charge < -0.3 is 5.32 Å². The Bertz CT molecular complexity index is 451. The van der Waals surface area contributed by atoms with Crippen molar-refractivity contribution in [1.29, 1.82) is 0 Å². The van der Waals surface area contributed by atoms with Crippen molar-refractivity contribution in [2.75, 3.05) is 13.1 Å². The van der Waals surface area contributed by atoms with Crippen molar-refractivity contribution in [3.8, 4) is 0 Å². The second-order valence-electron chi connectivity index (χ2n) is 3.99. The molecule has 1 heterocycles. The van der Waals surface area contributed by atoms with Crippen LogP contribution < -0.4 is 5.32 Å². The summed E-state index contributed by atoms with van der Waals surface area (Å²) in [5.74, 6) is 0. The Hall–Kier alpha value is -1.41. The highest BCUT2D eigenvalue weighted by Gasteiger charge is 1.96. The van der Waals surface area contributed by atoms with E-state index in [1.807, 2.05) is 12.3 Å². The number of fused-ring (bicyclic) bond motifs is 1. The van der Waals surface area contributed by atoms with Crippen molar-refractivity contribution < 1.29 is 0 Å². The minimum Gasteiger partial charge on any atom is -0.317 e. The molecule has 16 heavy (non-hydrogen) atoms. The molecule has 0 radical (unpaired) electrons. The van der Waals surface area contributed by atoms with Gasteiger partial charge in [0.25, 0.3) is 0 Å². The van der Waals surface area contributed by atoms with Gasteiger partial charge in [0.05, 0.1) is 5.52 Å². The van der Waals surface area contributed by atoms with Crippen LogP contribution in [0.3, 0.4) is 0 Å². The molecule has 1 aromatic carbocycles. The Morgan fingerprint density at radius 3 is 3.06 bits per heavy atom. The molecule has 2 nitrogen and oxygen atoms in total. The maximum Gasteiger partial charge on any atom is 0.0702 e. The van der Waals surface area contributed by atoms with E-state index in [9.17, 15) is 0 Å². The SMILES string of the molecule is CCNCCCc1ccc2ncccc2c1. The summed E-state index contributed by atoms with van der Waals surface area (Å²) in [5, 5.41) is 4.58. The average Bonchev–Trinajstić information content (AvgIpc) is 2.34. The molecule has 2 heteroatoms. The van der Waals surface area contributed by atoms with Crippen molar-refractivity contribution in [1.82, 2.24) is 10.3 Å². The molecule has 1 N–H and O–H groups in total. The molecule has 0 saturated heterocycles. The number of rotatable bonds is 5. The molecule has 0 saturated carbocycles. The van der Waals surface area contributed by atoms with Crippen LogP contribution in [-0.2, 0) is 6.42 Å². The van der Waals surface area contributed by atoms with Crippen LogP contribution in [0.5, 0.6) is 0 Å². The molecular weight excluding hydrogens is 196 g/mol. The third-order valence-electron chi connectivity index (χ3n) is 2.74. The Labute approximate surface area is 96.7 Å². The summed E-state index contributed by atoms with van der Waals surface area (Å²) in [7, 11) is 0. The van der Waals surface area contributed by atoms with Crippen molar-refractivity contribution in [3.63, 3.8) is 0 Å². The summed E-state index contributed by atoms with van der Waals surface area (Å²) in [5.41, 5.74) is 2.48. The van der Waals surface area contributed by atoms with E-state index in [1.54, 1.807) is 0 Å². The lowest BCUT2D eigenvalue weighted by Crippen LogP contribution is -2.14. The Kier molecular flexibility index (Phi) is 3.89. The van der Waals surface area contributed by atoms with Crippen LogP contribution in [0.15, 0.2) is 36.5 Å². The number of aryl methyl sites for hydroxylation is 1. The zero-order chi connectivity index (χ0) is 11.2. The van der Waals surface area contributed by atoms with Gasteiger partial charge in [0.15, 0.2) is 0 Å². The van der Waals surface area contributed by atoms with E-state index in [1.165, 1.54) is 17.4 Å².